The Kier molecular flexibility index (Phi) is 3.47. The van der Waals surface area contributed by atoms with Crippen molar-refractivity contribution in [2.45, 2.75) is 19.8 Å². The van der Waals surface area contributed by atoms with Crippen LogP contribution in [-0.2, 0) is 4.79 Å². The quantitative estimate of drug-likeness (QED) is 0.820. The predicted octanol–water partition coefficient (Wildman–Crippen LogP) is 3.37. The maximum absolute atomic E-state index is 11.1. The minimum Gasteiger partial charge on any atom is -0.366 e. The number of hydrogen-bond acceptors (Lipinski definition) is 1. The second-order valence-corrected chi connectivity index (χ2v) is 4.57. The molecule has 1 unspecified atom stereocenters. The molecule has 0 fully saturated rings. The van der Waals surface area contributed by atoms with Crippen LogP contribution < -0.4 is 5.73 Å². The smallest absolute Gasteiger partial charge is 0.244 e. The Hall–Kier alpha value is -2.09. The van der Waals surface area contributed by atoms with E-state index in [2.05, 4.69) is 31.2 Å². The van der Waals surface area contributed by atoms with E-state index < -0.39 is 0 Å². The molecule has 92 valence electrons. The normalized spacial score (nSPS) is 13.6. The van der Waals surface area contributed by atoms with Gasteiger partial charge in [0.25, 0.3) is 0 Å². The van der Waals surface area contributed by atoms with E-state index in [4.69, 9.17) is 5.73 Å². The van der Waals surface area contributed by atoms with Gasteiger partial charge in [-0.05, 0) is 23.3 Å². The molecule has 1 amide bonds. The number of rotatable bonds is 3. The van der Waals surface area contributed by atoms with Crippen molar-refractivity contribution >= 4 is 16.7 Å². The lowest BCUT2D eigenvalue weighted by Crippen LogP contribution is -2.12. The lowest BCUT2D eigenvalue weighted by molar-refractivity contribution is -0.114. The molecule has 2 nitrogen and oxygen atoms in total. The summed E-state index contributed by atoms with van der Waals surface area (Å²) in [6, 6.07) is 14.5. The monoisotopic (exact) mass is 239 g/mol. The lowest BCUT2D eigenvalue weighted by Gasteiger charge is -2.11. The third-order valence-corrected chi connectivity index (χ3v) is 3.20. The first-order chi connectivity index (χ1) is 8.59. The molecule has 0 aliphatic rings. The first-order valence-electron chi connectivity index (χ1n) is 6.05. The van der Waals surface area contributed by atoms with Crippen LogP contribution in [0.1, 0.15) is 25.3 Å². The molecule has 2 aromatic rings. The fourth-order valence-corrected chi connectivity index (χ4v) is 2.19. The van der Waals surface area contributed by atoms with E-state index in [0.717, 1.165) is 0 Å². The van der Waals surface area contributed by atoms with Crippen molar-refractivity contribution in [2.75, 3.05) is 0 Å². The summed E-state index contributed by atoms with van der Waals surface area (Å²) in [7, 11) is 0. The first-order valence-corrected chi connectivity index (χ1v) is 6.05. The van der Waals surface area contributed by atoms with E-state index in [-0.39, 0.29) is 11.8 Å². The molecule has 2 rings (SSSR count). The van der Waals surface area contributed by atoms with Crippen molar-refractivity contribution in [3.05, 3.63) is 59.7 Å². The van der Waals surface area contributed by atoms with Crippen molar-refractivity contribution in [1.29, 1.82) is 0 Å². The van der Waals surface area contributed by atoms with Gasteiger partial charge in [-0.15, -0.1) is 0 Å². The van der Waals surface area contributed by atoms with Gasteiger partial charge in [0, 0.05) is 11.5 Å². The van der Waals surface area contributed by atoms with Crippen molar-refractivity contribution in [2.24, 2.45) is 5.73 Å². The summed E-state index contributed by atoms with van der Waals surface area (Å²) in [5.74, 6) is -0.189. The summed E-state index contributed by atoms with van der Waals surface area (Å²) < 4.78 is 0. The topological polar surface area (TPSA) is 43.1 Å². The van der Waals surface area contributed by atoms with E-state index in [1.54, 1.807) is 6.92 Å². The first kappa shape index (κ1) is 12.4. The molecule has 0 spiro atoms. The van der Waals surface area contributed by atoms with Gasteiger partial charge in [0.1, 0.15) is 0 Å². The standard InChI is InChI=1S/C16H17NO/c1-11(10-12(2)16(17)18)14-9-5-7-13-6-3-4-8-15(13)14/h3-11H,1-2H3,(H2,17,18). The van der Waals surface area contributed by atoms with Crippen LogP contribution in [0.15, 0.2) is 54.1 Å². The average molecular weight is 239 g/mol. The number of carbonyl (C=O) groups excluding carboxylic acids is 1. The van der Waals surface area contributed by atoms with Gasteiger partial charge in [0.2, 0.25) is 5.91 Å². The number of primary amides is 1. The van der Waals surface area contributed by atoms with Gasteiger partial charge < -0.3 is 5.73 Å². The van der Waals surface area contributed by atoms with Gasteiger partial charge in [-0.2, -0.15) is 0 Å². The largest absolute Gasteiger partial charge is 0.366 e. The Labute approximate surface area is 107 Å². The molecule has 18 heavy (non-hydrogen) atoms. The van der Waals surface area contributed by atoms with Crippen LogP contribution >= 0.6 is 0 Å². The van der Waals surface area contributed by atoms with Crippen LogP contribution in [0.3, 0.4) is 0 Å². The molecule has 0 aromatic heterocycles. The van der Waals surface area contributed by atoms with Crippen LogP contribution in [0.4, 0.5) is 0 Å². The van der Waals surface area contributed by atoms with Gasteiger partial charge in [-0.3, -0.25) is 4.79 Å². The second-order valence-electron chi connectivity index (χ2n) is 4.57. The highest BCUT2D eigenvalue weighted by Gasteiger charge is 2.08. The number of allylic oxidation sites excluding steroid dienone is 1. The van der Waals surface area contributed by atoms with Crippen LogP contribution in [0.2, 0.25) is 0 Å². The highest BCUT2D eigenvalue weighted by Crippen LogP contribution is 2.26. The molecule has 0 radical (unpaired) electrons. The van der Waals surface area contributed by atoms with E-state index in [9.17, 15) is 4.79 Å². The number of benzene rings is 2. The lowest BCUT2D eigenvalue weighted by atomic mass is 9.93. The van der Waals surface area contributed by atoms with Gasteiger partial charge >= 0.3 is 0 Å². The molecule has 0 bridgehead atoms. The zero-order chi connectivity index (χ0) is 13.1. The Bertz CT molecular complexity index is 608. The number of fused-ring (bicyclic) bond motifs is 1. The van der Waals surface area contributed by atoms with Crippen molar-refractivity contribution in [1.82, 2.24) is 0 Å². The van der Waals surface area contributed by atoms with Crippen molar-refractivity contribution < 1.29 is 4.79 Å². The van der Waals surface area contributed by atoms with E-state index in [1.807, 2.05) is 24.3 Å². The average Bonchev–Trinajstić information content (AvgIpc) is 2.37. The number of carbonyl (C=O) groups is 1. The second kappa shape index (κ2) is 5.05. The third kappa shape index (κ3) is 2.43. The maximum atomic E-state index is 11.1. The van der Waals surface area contributed by atoms with Crippen LogP contribution in [0.5, 0.6) is 0 Å². The summed E-state index contributed by atoms with van der Waals surface area (Å²) in [5, 5.41) is 2.44. The molecule has 0 heterocycles. The highest BCUT2D eigenvalue weighted by atomic mass is 16.1. The Morgan fingerprint density at radius 3 is 2.56 bits per heavy atom. The summed E-state index contributed by atoms with van der Waals surface area (Å²) >= 11 is 0. The highest BCUT2D eigenvalue weighted by molar-refractivity contribution is 5.92. The van der Waals surface area contributed by atoms with Crippen LogP contribution in [0.25, 0.3) is 10.8 Å². The zero-order valence-electron chi connectivity index (χ0n) is 10.7. The van der Waals surface area contributed by atoms with Crippen molar-refractivity contribution in [3.63, 3.8) is 0 Å². The number of amides is 1. The number of hydrogen-bond donors (Lipinski definition) is 1. The minimum atomic E-state index is -0.359. The molecular weight excluding hydrogens is 222 g/mol. The molecule has 1 atom stereocenters. The summed E-state index contributed by atoms with van der Waals surface area (Å²) in [6.07, 6.45) is 1.92. The van der Waals surface area contributed by atoms with Gasteiger partial charge in [-0.1, -0.05) is 55.5 Å². The molecule has 0 saturated heterocycles. The van der Waals surface area contributed by atoms with E-state index in [1.165, 1.54) is 16.3 Å². The van der Waals surface area contributed by atoms with Gasteiger partial charge in [0.05, 0.1) is 0 Å². The molecule has 2 heteroatoms. The Morgan fingerprint density at radius 1 is 1.17 bits per heavy atom. The number of nitrogens with two attached hydrogens (primary N) is 1. The van der Waals surface area contributed by atoms with Crippen LogP contribution in [-0.4, -0.2) is 5.91 Å². The van der Waals surface area contributed by atoms with Crippen LogP contribution in [0, 0.1) is 0 Å². The molecular formula is C16H17NO. The maximum Gasteiger partial charge on any atom is 0.244 e. The fraction of sp³-hybridized carbons (Fsp3) is 0.188. The molecule has 2 aromatic carbocycles. The summed E-state index contributed by atoms with van der Waals surface area (Å²) in [4.78, 5) is 11.1. The molecule has 0 aliphatic carbocycles. The van der Waals surface area contributed by atoms with Gasteiger partial charge in [0.15, 0.2) is 0 Å². The summed E-state index contributed by atoms with van der Waals surface area (Å²) in [5.41, 5.74) is 7.09. The third-order valence-electron chi connectivity index (χ3n) is 3.20. The molecule has 2 N–H and O–H groups in total. The van der Waals surface area contributed by atoms with Gasteiger partial charge in [-0.25, -0.2) is 0 Å². The SMILES string of the molecule is CC(=CC(C)c1cccc2ccccc12)C(N)=O. The predicted molar refractivity (Wildman–Crippen MR) is 75.3 cm³/mol. The van der Waals surface area contributed by atoms with E-state index in [0.29, 0.717) is 5.57 Å². The Balaban J connectivity index is 2.48. The minimum absolute atomic E-state index is 0.170. The van der Waals surface area contributed by atoms with Crippen molar-refractivity contribution in [3.8, 4) is 0 Å². The fourth-order valence-electron chi connectivity index (χ4n) is 2.19. The molecule has 0 aliphatic heterocycles. The molecule has 0 saturated carbocycles. The van der Waals surface area contributed by atoms with E-state index >= 15 is 0 Å². The zero-order valence-corrected chi connectivity index (χ0v) is 10.7. The Morgan fingerprint density at radius 2 is 1.83 bits per heavy atom. The summed E-state index contributed by atoms with van der Waals surface area (Å²) in [6.45, 7) is 3.83.